The zero-order valence-corrected chi connectivity index (χ0v) is 24.0. The van der Waals surface area contributed by atoms with E-state index in [1.54, 1.807) is 24.4 Å². The van der Waals surface area contributed by atoms with Gasteiger partial charge in [-0.25, -0.2) is 9.97 Å². The maximum atomic E-state index is 12.8. The van der Waals surface area contributed by atoms with Crippen molar-refractivity contribution in [1.82, 2.24) is 20.2 Å². The third-order valence-electron chi connectivity index (χ3n) is 5.78. The Bertz CT molecular complexity index is 1260. The summed E-state index contributed by atoms with van der Waals surface area (Å²) in [5.41, 5.74) is 8.57. The number of ether oxygens (including phenoxy) is 1. The maximum absolute atomic E-state index is 12.8. The van der Waals surface area contributed by atoms with E-state index in [0.29, 0.717) is 59.3 Å². The number of halogens is 2. The van der Waals surface area contributed by atoms with Crippen molar-refractivity contribution in [2.45, 2.75) is 45.9 Å². The van der Waals surface area contributed by atoms with Crippen molar-refractivity contribution in [3.63, 3.8) is 0 Å². The van der Waals surface area contributed by atoms with Gasteiger partial charge in [-0.3, -0.25) is 9.59 Å². The quantitative estimate of drug-likeness (QED) is 0.351. The van der Waals surface area contributed by atoms with Crippen LogP contribution in [-0.2, 0) is 16.1 Å². The molecule has 1 amide bonds. The molecule has 9 nitrogen and oxygen atoms in total. The molecule has 1 aliphatic heterocycles. The lowest BCUT2D eigenvalue weighted by Gasteiger charge is -2.32. The molecule has 1 fully saturated rings. The number of benzene rings is 2. The van der Waals surface area contributed by atoms with Gasteiger partial charge < -0.3 is 26.0 Å². The van der Waals surface area contributed by atoms with Crippen LogP contribution in [0.5, 0.6) is 0 Å². The number of nitrogens with zero attached hydrogens (tertiary/aromatic N) is 3. The molecule has 3 aromatic rings. The van der Waals surface area contributed by atoms with Gasteiger partial charge in [0.25, 0.3) is 12.4 Å². The highest BCUT2D eigenvalue weighted by atomic mass is 35.5. The monoisotopic (exact) mass is 572 g/mol. The zero-order valence-electron chi connectivity index (χ0n) is 22.5. The smallest absolute Gasteiger partial charge is 0.293 e. The second-order valence-corrected chi connectivity index (χ2v) is 10.9. The number of aromatic nitrogens is 2. The number of amides is 1. The summed E-state index contributed by atoms with van der Waals surface area (Å²) >= 11 is 12.5. The minimum Gasteiger partial charge on any atom is -0.462 e. The van der Waals surface area contributed by atoms with Gasteiger partial charge in [-0.2, -0.15) is 0 Å². The first kappa shape index (κ1) is 30.1. The molecule has 1 saturated heterocycles. The number of nitrogens with two attached hydrogens (primary N) is 1. The minimum atomic E-state index is -0.318. The van der Waals surface area contributed by atoms with Crippen LogP contribution in [0.2, 0.25) is 10.0 Å². The van der Waals surface area contributed by atoms with E-state index in [1.807, 2.05) is 49.9 Å². The number of carbonyl (C=O) groups is 2. The van der Waals surface area contributed by atoms with Crippen LogP contribution in [0.15, 0.2) is 48.7 Å². The van der Waals surface area contributed by atoms with Crippen molar-refractivity contribution in [3.8, 4) is 11.3 Å². The van der Waals surface area contributed by atoms with Gasteiger partial charge >= 0.3 is 0 Å². The minimum absolute atomic E-state index is 0.0345. The lowest BCUT2D eigenvalue weighted by atomic mass is 10.1. The van der Waals surface area contributed by atoms with E-state index in [2.05, 4.69) is 32.3 Å². The van der Waals surface area contributed by atoms with E-state index >= 15 is 0 Å². The second kappa shape index (κ2) is 13.6. The van der Waals surface area contributed by atoms with Crippen LogP contribution in [0, 0.1) is 0 Å². The first-order valence-electron chi connectivity index (χ1n) is 12.5. The predicted molar refractivity (Wildman–Crippen MR) is 156 cm³/mol. The van der Waals surface area contributed by atoms with Gasteiger partial charge in [0.05, 0.1) is 11.9 Å². The molecule has 39 heavy (non-hydrogen) atoms. The number of piperazine rings is 1. The molecule has 0 radical (unpaired) electrons. The number of rotatable bonds is 6. The van der Waals surface area contributed by atoms with Crippen LogP contribution in [-0.4, -0.2) is 58.5 Å². The van der Waals surface area contributed by atoms with Crippen LogP contribution in [0.25, 0.3) is 11.3 Å². The predicted octanol–water partition coefficient (Wildman–Crippen LogP) is 5.04. The molecule has 4 N–H and O–H groups in total. The van der Waals surface area contributed by atoms with Crippen LogP contribution in [0.4, 0.5) is 11.6 Å². The van der Waals surface area contributed by atoms with Gasteiger partial charge in [0, 0.05) is 59.0 Å². The summed E-state index contributed by atoms with van der Waals surface area (Å²) < 4.78 is 4.55. The SMILES string of the molecule is CC(C)(C)OC=O.CC1CN(C(=O)c2ccc(-c3cnc(N)c(NCc4c(Cl)cccc4Cl)n3)cc2)CCN1. The number of hydrogen-bond donors (Lipinski definition) is 3. The molecule has 2 heterocycles. The second-order valence-electron chi connectivity index (χ2n) is 10.1. The number of nitrogens with one attached hydrogen (secondary N) is 2. The van der Waals surface area contributed by atoms with E-state index in [-0.39, 0.29) is 17.3 Å². The molecule has 0 saturated carbocycles. The van der Waals surface area contributed by atoms with E-state index in [4.69, 9.17) is 28.9 Å². The average molecular weight is 574 g/mol. The van der Waals surface area contributed by atoms with E-state index in [9.17, 15) is 9.59 Å². The van der Waals surface area contributed by atoms with E-state index in [1.165, 1.54) is 0 Å². The Morgan fingerprint density at radius 1 is 1.21 bits per heavy atom. The van der Waals surface area contributed by atoms with Crippen molar-refractivity contribution < 1.29 is 14.3 Å². The van der Waals surface area contributed by atoms with Crippen LogP contribution in [0.1, 0.15) is 43.6 Å². The van der Waals surface area contributed by atoms with Crippen LogP contribution < -0.4 is 16.4 Å². The molecule has 1 aromatic heterocycles. The Morgan fingerprint density at radius 2 is 1.87 bits per heavy atom. The molecule has 11 heteroatoms. The number of hydrogen-bond acceptors (Lipinski definition) is 8. The van der Waals surface area contributed by atoms with Gasteiger partial charge in [-0.1, -0.05) is 41.4 Å². The Balaban J connectivity index is 0.000000532. The summed E-state index contributed by atoms with van der Waals surface area (Å²) in [4.78, 5) is 33.1. The third kappa shape index (κ3) is 8.81. The lowest BCUT2D eigenvalue weighted by molar-refractivity contribution is -0.138. The largest absolute Gasteiger partial charge is 0.462 e. The first-order chi connectivity index (χ1) is 18.5. The molecule has 1 aliphatic rings. The summed E-state index contributed by atoms with van der Waals surface area (Å²) in [5, 5.41) is 7.63. The summed E-state index contributed by atoms with van der Waals surface area (Å²) in [6.07, 6.45) is 1.61. The zero-order chi connectivity index (χ0) is 28.6. The van der Waals surface area contributed by atoms with Gasteiger partial charge in [0.2, 0.25) is 0 Å². The standard InChI is InChI=1S/C23H24Cl2N6O.C5H10O2/c1-14-13-31(10-9-27-14)23(32)16-7-5-15(6-8-16)20-12-28-21(26)22(30-20)29-11-17-18(24)3-2-4-19(17)25;1-5(2,3)7-4-6/h2-8,12,14,27H,9-11,13H2,1H3,(H2,26,28)(H,29,30);4H,1-3H3. The number of anilines is 2. The Morgan fingerprint density at radius 3 is 2.44 bits per heavy atom. The molecule has 1 unspecified atom stereocenters. The fourth-order valence-corrected chi connectivity index (χ4v) is 4.30. The maximum Gasteiger partial charge on any atom is 0.293 e. The Labute approximate surface area is 239 Å². The fourth-order valence-electron chi connectivity index (χ4n) is 3.77. The molecule has 0 bridgehead atoms. The Hall–Kier alpha value is -3.40. The van der Waals surface area contributed by atoms with Crippen molar-refractivity contribution in [2.24, 2.45) is 0 Å². The molecule has 1 atom stereocenters. The van der Waals surface area contributed by atoms with Gasteiger partial charge in [0.15, 0.2) is 11.6 Å². The Kier molecular flexibility index (Phi) is 10.5. The molecule has 2 aromatic carbocycles. The van der Waals surface area contributed by atoms with E-state index < -0.39 is 0 Å². The van der Waals surface area contributed by atoms with Crippen molar-refractivity contribution in [1.29, 1.82) is 0 Å². The number of nitrogen functional groups attached to an aromatic ring is 1. The van der Waals surface area contributed by atoms with Gasteiger partial charge in [-0.05, 0) is 52.0 Å². The van der Waals surface area contributed by atoms with Crippen LogP contribution >= 0.6 is 23.2 Å². The third-order valence-corrected chi connectivity index (χ3v) is 6.49. The lowest BCUT2D eigenvalue weighted by Crippen LogP contribution is -2.51. The molecular weight excluding hydrogens is 539 g/mol. The fraction of sp³-hybridized carbons (Fsp3) is 0.357. The van der Waals surface area contributed by atoms with Crippen LogP contribution in [0.3, 0.4) is 0 Å². The highest BCUT2D eigenvalue weighted by Gasteiger charge is 2.21. The van der Waals surface area contributed by atoms with Crippen molar-refractivity contribution in [3.05, 3.63) is 69.8 Å². The van der Waals surface area contributed by atoms with Gasteiger partial charge in [0.1, 0.15) is 5.60 Å². The molecule has 208 valence electrons. The van der Waals surface area contributed by atoms with Crippen molar-refractivity contribution in [2.75, 3.05) is 30.7 Å². The summed E-state index contributed by atoms with van der Waals surface area (Å²) in [6, 6.07) is 13.0. The van der Waals surface area contributed by atoms with Crippen molar-refractivity contribution >= 4 is 47.2 Å². The summed E-state index contributed by atoms with van der Waals surface area (Å²) in [6.45, 7) is 10.6. The first-order valence-corrected chi connectivity index (χ1v) is 13.3. The molecule has 4 rings (SSSR count). The topological polar surface area (TPSA) is 122 Å². The average Bonchev–Trinajstić information content (AvgIpc) is 2.89. The molecule has 0 spiro atoms. The highest BCUT2D eigenvalue weighted by Crippen LogP contribution is 2.27. The number of carbonyl (C=O) groups excluding carboxylic acids is 2. The highest BCUT2D eigenvalue weighted by molar-refractivity contribution is 6.36. The summed E-state index contributed by atoms with van der Waals surface area (Å²) in [5.74, 6) is 0.747. The van der Waals surface area contributed by atoms with E-state index in [0.717, 1.165) is 17.7 Å². The molecule has 0 aliphatic carbocycles. The normalized spacial score (nSPS) is 15.1. The van der Waals surface area contributed by atoms with Gasteiger partial charge in [-0.15, -0.1) is 0 Å². The summed E-state index contributed by atoms with van der Waals surface area (Å²) in [7, 11) is 0. The molecular formula is C28H34Cl2N6O3.